The Balaban J connectivity index is 2.28. The molecule has 2 rings (SSSR count). The highest BCUT2D eigenvalue weighted by Gasteiger charge is 2.33. The number of benzene rings is 1. The van der Waals surface area contributed by atoms with Gasteiger partial charge in [-0.25, -0.2) is 4.79 Å². The number of para-hydroxylation sites is 1. The number of carbonyl (C=O) groups is 1. The second-order valence-electron chi connectivity index (χ2n) is 6.52. The molecule has 1 heterocycles. The van der Waals surface area contributed by atoms with Gasteiger partial charge in [0.25, 0.3) is 0 Å². The van der Waals surface area contributed by atoms with Gasteiger partial charge in [-0.2, -0.15) is 0 Å². The summed E-state index contributed by atoms with van der Waals surface area (Å²) in [6.07, 6.45) is -0.370. The highest BCUT2D eigenvalue weighted by molar-refractivity contribution is 5.69. The summed E-state index contributed by atoms with van der Waals surface area (Å²) in [7, 11) is 0. The second kappa shape index (κ2) is 7.08. The summed E-state index contributed by atoms with van der Waals surface area (Å²) >= 11 is 0. The number of phenolic OH excluding ortho intramolecular Hbond substituents is 1. The zero-order valence-corrected chi connectivity index (χ0v) is 14.3. The van der Waals surface area contributed by atoms with Crippen LogP contribution in [0, 0.1) is 0 Å². The number of hydrogen-bond donors (Lipinski definition) is 2. The first-order valence-electron chi connectivity index (χ1n) is 7.98. The molecule has 0 spiro atoms. The lowest BCUT2D eigenvalue weighted by Gasteiger charge is -2.37. The van der Waals surface area contributed by atoms with Crippen LogP contribution in [0.5, 0.6) is 11.5 Å². The molecule has 1 aromatic carbocycles. The molecule has 1 saturated heterocycles. The van der Waals surface area contributed by atoms with Gasteiger partial charge in [0.1, 0.15) is 5.60 Å². The van der Waals surface area contributed by atoms with E-state index in [-0.39, 0.29) is 17.9 Å². The van der Waals surface area contributed by atoms with Crippen LogP contribution in [-0.2, 0) is 4.74 Å². The van der Waals surface area contributed by atoms with Crippen LogP contribution in [-0.4, -0.2) is 47.9 Å². The van der Waals surface area contributed by atoms with Crippen molar-refractivity contribution in [3.05, 3.63) is 23.8 Å². The van der Waals surface area contributed by atoms with E-state index in [1.165, 1.54) is 0 Å². The fraction of sp³-hybridized carbons (Fsp3) is 0.588. The molecule has 1 aliphatic heterocycles. The Morgan fingerprint density at radius 2 is 2.17 bits per heavy atom. The predicted molar refractivity (Wildman–Crippen MR) is 87.8 cm³/mol. The minimum absolute atomic E-state index is 0.0802. The van der Waals surface area contributed by atoms with Crippen LogP contribution in [0.1, 0.15) is 39.3 Å². The molecule has 6 heteroatoms. The first-order valence-corrected chi connectivity index (χ1v) is 7.98. The summed E-state index contributed by atoms with van der Waals surface area (Å²) in [5, 5.41) is 13.7. The van der Waals surface area contributed by atoms with E-state index in [1.54, 1.807) is 11.0 Å². The van der Waals surface area contributed by atoms with E-state index in [4.69, 9.17) is 9.47 Å². The van der Waals surface area contributed by atoms with Crippen LogP contribution in [0.15, 0.2) is 18.2 Å². The van der Waals surface area contributed by atoms with Crippen molar-refractivity contribution in [2.75, 3.05) is 26.2 Å². The molecule has 0 radical (unpaired) electrons. The molecule has 0 aliphatic carbocycles. The fourth-order valence-electron chi connectivity index (χ4n) is 2.60. The van der Waals surface area contributed by atoms with E-state index >= 15 is 0 Å². The van der Waals surface area contributed by atoms with Crippen LogP contribution < -0.4 is 10.1 Å². The van der Waals surface area contributed by atoms with Gasteiger partial charge in [0, 0.05) is 25.2 Å². The summed E-state index contributed by atoms with van der Waals surface area (Å²) in [5.74, 6) is 0.510. The van der Waals surface area contributed by atoms with Gasteiger partial charge < -0.3 is 19.9 Å². The SMILES string of the molecule is CCOc1cccc(C2CNCCN2C(=O)OC(C)(C)C)c1O. The number of piperazine rings is 1. The van der Waals surface area contributed by atoms with E-state index in [1.807, 2.05) is 39.8 Å². The molecule has 1 aromatic rings. The Morgan fingerprint density at radius 3 is 2.83 bits per heavy atom. The fourth-order valence-corrected chi connectivity index (χ4v) is 2.60. The smallest absolute Gasteiger partial charge is 0.410 e. The molecule has 1 unspecified atom stereocenters. The van der Waals surface area contributed by atoms with Crippen molar-refractivity contribution in [1.29, 1.82) is 0 Å². The number of phenols is 1. The van der Waals surface area contributed by atoms with Crippen molar-refractivity contribution in [2.24, 2.45) is 0 Å². The Bertz CT molecular complexity index is 554. The average molecular weight is 322 g/mol. The number of nitrogens with one attached hydrogen (secondary N) is 1. The predicted octanol–water partition coefficient (Wildman–Crippen LogP) is 2.67. The zero-order valence-electron chi connectivity index (χ0n) is 14.3. The highest BCUT2D eigenvalue weighted by atomic mass is 16.6. The van der Waals surface area contributed by atoms with Gasteiger partial charge in [-0.3, -0.25) is 4.90 Å². The lowest BCUT2D eigenvalue weighted by atomic mass is 10.0. The molecular formula is C17H26N2O4. The molecule has 0 bridgehead atoms. The molecule has 1 aliphatic rings. The maximum atomic E-state index is 12.5. The van der Waals surface area contributed by atoms with E-state index in [0.29, 0.717) is 37.6 Å². The van der Waals surface area contributed by atoms with Crippen molar-refractivity contribution in [3.8, 4) is 11.5 Å². The highest BCUT2D eigenvalue weighted by Crippen LogP contribution is 2.37. The largest absolute Gasteiger partial charge is 0.504 e. The van der Waals surface area contributed by atoms with Gasteiger partial charge in [-0.15, -0.1) is 0 Å². The molecule has 1 amide bonds. The van der Waals surface area contributed by atoms with Crippen molar-refractivity contribution in [2.45, 2.75) is 39.3 Å². The summed E-state index contributed by atoms with van der Waals surface area (Å²) in [6, 6.07) is 5.06. The maximum Gasteiger partial charge on any atom is 0.410 e. The molecule has 128 valence electrons. The molecule has 6 nitrogen and oxygen atoms in total. The molecule has 2 N–H and O–H groups in total. The lowest BCUT2D eigenvalue weighted by molar-refractivity contribution is 0.0115. The number of ether oxygens (including phenoxy) is 2. The summed E-state index contributed by atoms with van der Waals surface area (Å²) in [5.41, 5.74) is 0.107. The summed E-state index contributed by atoms with van der Waals surface area (Å²) < 4.78 is 10.9. The molecule has 23 heavy (non-hydrogen) atoms. The standard InChI is InChI=1S/C17H26N2O4/c1-5-22-14-8-6-7-12(15(14)20)13-11-18-9-10-19(13)16(21)23-17(2,3)4/h6-8,13,18,20H,5,9-11H2,1-4H3. The Morgan fingerprint density at radius 1 is 1.43 bits per heavy atom. The third-order valence-corrected chi connectivity index (χ3v) is 3.56. The third-order valence-electron chi connectivity index (χ3n) is 3.56. The number of aromatic hydroxyl groups is 1. The van der Waals surface area contributed by atoms with Crippen LogP contribution in [0.2, 0.25) is 0 Å². The van der Waals surface area contributed by atoms with Gasteiger partial charge in [-0.1, -0.05) is 12.1 Å². The Kier molecular flexibility index (Phi) is 5.36. The minimum atomic E-state index is -0.554. The number of carbonyl (C=O) groups excluding carboxylic acids is 1. The van der Waals surface area contributed by atoms with Crippen LogP contribution in [0.4, 0.5) is 4.79 Å². The van der Waals surface area contributed by atoms with Crippen LogP contribution >= 0.6 is 0 Å². The monoisotopic (exact) mass is 322 g/mol. The number of hydrogen-bond acceptors (Lipinski definition) is 5. The van der Waals surface area contributed by atoms with Gasteiger partial charge in [-0.05, 0) is 33.8 Å². The van der Waals surface area contributed by atoms with E-state index in [0.717, 1.165) is 0 Å². The second-order valence-corrected chi connectivity index (χ2v) is 6.52. The number of amides is 1. The summed E-state index contributed by atoms with van der Waals surface area (Å²) in [6.45, 7) is 9.64. The van der Waals surface area contributed by atoms with Gasteiger partial charge >= 0.3 is 6.09 Å². The molecule has 0 aromatic heterocycles. The van der Waals surface area contributed by atoms with Crippen LogP contribution in [0.25, 0.3) is 0 Å². The molecule has 1 atom stereocenters. The molecule has 0 saturated carbocycles. The topological polar surface area (TPSA) is 71.0 Å². The van der Waals surface area contributed by atoms with E-state index < -0.39 is 5.60 Å². The van der Waals surface area contributed by atoms with Crippen molar-refractivity contribution >= 4 is 6.09 Å². The van der Waals surface area contributed by atoms with E-state index in [9.17, 15) is 9.90 Å². The first kappa shape index (κ1) is 17.4. The van der Waals surface area contributed by atoms with Gasteiger partial charge in [0.15, 0.2) is 11.5 Å². The zero-order chi connectivity index (χ0) is 17.0. The molecule has 1 fully saturated rings. The summed E-state index contributed by atoms with van der Waals surface area (Å²) in [4.78, 5) is 14.1. The normalized spacial score (nSPS) is 18.6. The Labute approximate surface area is 137 Å². The van der Waals surface area contributed by atoms with Gasteiger partial charge in [0.05, 0.1) is 12.6 Å². The average Bonchev–Trinajstić information content (AvgIpc) is 2.48. The van der Waals surface area contributed by atoms with Crippen molar-refractivity contribution < 1.29 is 19.4 Å². The lowest BCUT2D eigenvalue weighted by Crippen LogP contribution is -2.50. The third kappa shape index (κ3) is 4.28. The van der Waals surface area contributed by atoms with Crippen LogP contribution in [0.3, 0.4) is 0 Å². The maximum absolute atomic E-state index is 12.5. The quantitative estimate of drug-likeness (QED) is 0.895. The van der Waals surface area contributed by atoms with Gasteiger partial charge in [0.2, 0.25) is 0 Å². The number of rotatable bonds is 3. The number of nitrogens with zero attached hydrogens (tertiary/aromatic N) is 1. The van der Waals surface area contributed by atoms with Crippen molar-refractivity contribution in [3.63, 3.8) is 0 Å². The first-order chi connectivity index (χ1) is 10.8. The van der Waals surface area contributed by atoms with Crippen molar-refractivity contribution in [1.82, 2.24) is 10.2 Å². The van der Waals surface area contributed by atoms with E-state index in [2.05, 4.69) is 5.32 Å². The molecular weight excluding hydrogens is 296 g/mol. The minimum Gasteiger partial charge on any atom is -0.504 e. The Hall–Kier alpha value is -1.95.